The summed E-state index contributed by atoms with van der Waals surface area (Å²) in [5, 5.41) is 8.40. The number of nitrogens with zero attached hydrogens (tertiary/aromatic N) is 5. The second kappa shape index (κ2) is 22.3. The number of hydrogen-bond acceptors (Lipinski definition) is 9. The average Bonchev–Trinajstić information content (AvgIpc) is 4.27. The first-order valence-electron chi connectivity index (χ1n) is 26.1. The zero-order chi connectivity index (χ0) is 54.6. The van der Waals surface area contributed by atoms with Crippen molar-refractivity contribution >= 4 is 72.8 Å². The van der Waals surface area contributed by atoms with Gasteiger partial charge in [0.1, 0.15) is 29.6 Å². The van der Waals surface area contributed by atoms with Crippen molar-refractivity contribution in [1.82, 2.24) is 19.1 Å². The summed E-state index contributed by atoms with van der Waals surface area (Å²) in [4.78, 5) is 54.9. The SMILES string of the molecule is CC(C)COC(=O)/N=C(\N)c1cc2c(cc1-c1ccc3c(Cn4c(C(=O)Nc5ccccc5)cc5ccc(C(C)N)cc54)cccc3c1)cc(C(=O)OCc1ccccc1)n2Cc1cc(Oc2ncccn2)cc2ccccc12. The average molecular weight is 1050 g/mol. The molecule has 0 radical (unpaired) electrons. The fraction of sp³-hybridized carbons (Fsp3) is 0.138. The van der Waals surface area contributed by atoms with Crippen LogP contribution in [0.4, 0.5) is 10.5 Å². The van der Waals surface area contributed by atoms with Gasteiger partial charge in [-0.3, -0.25) is 4.79 Å². The van der Waals surface area contributed by atoms with Crippen molar-refractivity contribution in [3.63, 3.8) is 0 Å². The quantitative estimate of drug-likeness (QED) is 0.0477. The maximum absolute atomic E-state index is 14.5. The number of carbonyl (C=O) groups is 3. The number of anilines is 1. The Kier molecular flexibility index (Phi) is 14.5. The lowest BCUT2D eigenvalue weighted by Crippen LogP contribution is -2.19. The van der Waals surface area contributed by atoms with E-state index in [0.717, 1.165) is 60.3 Å². The summed E-state index contributed by atoms with van der Waals surface area (Å²) in [7, 11) is 0. The van der Waals surface area contributed by atoms with Crippen LogP contribution in [-0.2, 0) is 29.2 Å². The zero-order valence-corrected chi connectivity index (χ0v) is 43.8. The standard InChI is InChI=1S/C65H56N8O6/c1-40(2)38-78-65(76)71-61(67)56-35-58-49(34-60(63(75)77-39-42-14-6-4-7-15-42)73(58)37-50-30-52(79-64-68-26-13-27-69-64)29-45-16-10-11-21-53(45)50)31-55(56)46-24-25-54-44(28-46)17-12-18-48(54)36-72-57-32-43(41(3)66)22-23-47(57)33-59(72)62(74)70-51-19-8-5-9-20-51/h4-35,40-41H,36-39,66H2,1-3H3,(H,70,74)(H2,67,71,76). The van der Waals surface area contributed by atoms with Gasteiger partial charge in [0, 0.05) is 64.6 Å². The van der Waals surface area contributed by atoms with Gasteiger partial charge in [-0.25, -0.2) is 19.6 Å². The largest absolute Gasteiger partial charge is 0.456 e. The van der Waals surface area contributed by atoms with Gasteiger partial charge in [0.25, 0.3) is 5.91 Å². The molecule has 0 aliphatic rings. The van der Waals surface area contributed by atoms with Crippen LogP contribution in [0.15, 0.2) is 199 Å². The molecule has 8 aromatic carbocycles. The normalized spacial score (nSPS) is 12.1. The molecule has 0 bridgehead atoms. The number of rotatable bonds is 16. The predicted molar refractivity (Wildman–Crippen MR) is 311 cm³/mol. The molecule has 0 saturated carbocycles. The van der Waals surface area contributed by atoms with Crippen LogP contribution in [0, 0.1) is 5.92 Å². The number of amidine groups is 1. The lowest BCUT2D eigenvalue weighted by atomic mass is 9.94. The van der Waals surface area contributed by atoms with E-state index in [1.807, 2.05) is 182 Å². The van der Waals surface area contributed by atoms with E-state index in [1.54, 1.807) is 18.5 Å². The number of benzene rings is 8. The van der Waals surface area contributed by atoms with E-state index in [0.29, 0.717) is 45.7 Å². The van der Waals surface area contributed by atoms with Crippen LogP contribution < -0.4 is 21.5 Å². The molecular weight excluding hydrogens is 989 g/mol. The highest BCUT2D eigenvalue weighted by atomic mass is 16.5. The number of nitrogens with one attached hydrogen (secondary N) is 1. The minimum atomic E-state index is -0.825. The highest BCUT2D eigenvalue weighted by molar-refractivity contribution is 6.12. The van der Waals surface area contributed by atoms with Crippen LogP contribution in [0.25, 0.3) is 54.5 Å². The number of para-hydroxylation sites is 1. The van der Waals surface area contributed by atoms with Gasteiger partial charge in [-0.05, 0) is 134 Å². The van der Waals surface area contributed by atoms with Crippen LogP contribution in [0.1, 0.15) is 75.6 Å². The van der Waals surface area contributed by atoms with Crippen molar-refractivity contribution in [3.8, 4) is 22.9 Å². The van der Waals surface area contributed by atoms with Gasteiger partial charge in [0.05, 0.1) is 6.61 Å². The van der Waals surface area contributed by atoms with Crippen molar-refractivity contribution in [2.75, 3.05) is 11.9 Å². The Labute approximate surface area is 455 Å². The van der Waals surface area contributed by atoms with Crippen LogP contribution in [-0.4, -0.2) is 49.5 Å². The Hall–Kier alpha value is -9.92. The molecule has 5 N–H and O–H groups in total. The van der Waals surface area contributed by atoms with Crippen LogP contribution in [0.2, 0.25) is 0 Å². The zero-order valence-electron chi connectivity index (χ0n) is 43.8. The third kappa shape index (κ3) is 11.2. The summed E-state index contributed by atoms with van der Waals surface area (Å²) in [6.45, 7) is 6.59. The number of amides is 2. The first-order valence-corrected chi connectivity index (χ1v) is 26.1. The van der Waals surface area contributed by atoms with Gasteiger partial charge in [-0.2, -0.15) is 4.99 Å². The number of nitrogens with two attached hydrogens (primary N) is 2. The maximum atomic E-state index is 14.5. The second-order valence-corrected chi connectivity index (χ2v) is 19.9. The molecule has 2 amide bonds. The van der Waals surface area contributed by atoms with Gasteiger partial charge in [-0.1, -0.05) is 129 Å². The summed E-state index contributed by atoms with van der Waals surface area (Å²) in [6, 6.07) is 58.2. The molecule has 0 fully saturated rings. The molecule has 0 spiro atoms. The third-order valence-corrected chi connectivity index (χ3v) is 13.8. The van der Waals surface area contributed by atoms with Crippen molar-refractivity contribution in [1.29, 1.82) is 0 Å². The maximum Gasteiger partial charge on any atom is 0.435 e. The number of carbonyl (C=O) groups excluding carboxylic acids is 3. The molecule has 0 saturated heterocycles. The van der Waals surface area contributed by atoms with Crippen molar-refractivity contribution < 1.29 is 28.6 Å². The molecule has 11 aromatic rings. The van der Waals surface area contributed by atoms with Gasteiger partial charge < -0.3 is 40.1 Å². The van der Waals surface area contributed by atoms with Gasteiger partial charge in [0.15, 0.2) is 0 Å². The van der Waals surface area contributed by atoms with Crippen LogP contribution in [0.5, 0.6) is 11.8 Å². The molecule has 1 unspecified atom stereocenters. The Morgan fingerprint density at radius 3 is 2.09 bits per heavy atom. The van der Waals surface area contributed by atoms with Gasteiger partial charge >= 0.3 is 18.1 Å². The van der Waals surface area contributed by atoms with E-state index in [4.69, 9.17) is 25.7 Å². The van der Waals surface area contributed by atoms with Gasteiger partial charge in [-0.15, -0.1) is 0 Å². The van der Waals surface area contributed by atoms with Crippen molar-refractivity contribution in [2.45, 2.75) is 46.5 Å². The number of aliphatic imine (C=N–C) groups is 1. The number of fused-ring (bicyclic) bond motifs is 4. The first kappa shape index (κ1) is 51.2. The number of ether oxygens (including phenoxy) is 3. The third-order valence-electron chi connectivity index (χ3n) is 13.8. The van der Waals surface area contributed by atoms with Crippen molar-refractivity contribution in [2.24, 2.45) is 22.4 Å². The summed E-state index contributed by atoms with van der Waals surface area (Å²) < 4.78 is 21.7. The predicted octanol–water partition coefficient (Wildman–Crippen LogP) is 13.4. The molecule has 3 heterocycles. The van der Waals surface area contributed by atoms with Gasteiger partial charge in [0.2, 0.25) is 0 Å². The fourth-order valence-electron chi connectivity index (χ4n) is 9.95. The Bertz CT molecular complexity index is 4110. The smallest absolute Gasteiger partial charge is 0.435 e. The molecule has 11 rings (SSSR count). The monoisotopic (exact) mass is 1040 g/mol. The van der Waals surface area contributed by atoms with Crippen LogP contribution >= 0.6 is 0 Å². The molecule has 14 heteroatoms. The summed E-state index contributed by atoms with van der Waals surface area (Å²) >= 11 is 0. The second-order valence-electron chi connectivity index (χ2n) is 19.9. The van der Waals surface area contributed by atoms with E-state index in [1.165, 1.54) is 0 Å². The minimum absolute atomic E-state index is 0.0505. The van der Waals surface area contributed by atoms with E-state index in [9.17, 15) is 14.4 Å². The highest BCUT2D eigenvalue weighted by Crippen LogP contribution is 2.37. The Balaban J connectivity index is 1.04. The van der Waals surface area contributed by atoms with E-state index in [-0.39, 0.29) is 55.2 Å². The Morgan fingerprint density at radius 2 is 1.30 bits per heavy atom. The highest BCUT2D eigenvalue weighted by Gasteiger charge is 2.24. The molecule has 392 valence electrons. The molecule has 0 aliphatic carbocycles. The van der Waals surface area contributed by atoms with Crippen molar-refractivity contribution in [3.05, 3.63) is 234 Å². The lowest BCUT2D eigenvalue weighted by molar-refractivity contribution is 0.0461. The fourth-order valence-corrected chi connectivity index (χ4v) is 9.95. The number of hydrogen-bond donors (Lipinski definition) is 3. The topological polar surface area (TPSA) is 191 Å². The Morgan fingerprint density at radius 1 is 0.620 bits per heavy atom. The summed E-state index contributed by atoms with van der Waals surface area (Å²) in [5.41, 5.74) is 21.8. The minimum Gasteiger partial charge on any atom is -0.456 e. The molecule has 1 atom stereocenters. The molecule has 3 aromatic heterocycles. The molecule has 0 aliphatic heterocycles. The lowest BCUT2D eigenvalue weighted by Gasteiger charge is -2.17. The van der Waals surface area contributed by atoms with E-state index in [2.05, 4.69) is 44.5 Å². The first-order chi connectivity index (χ1) is 38.4. The molecular formula is C65H56N8O6. The number of esters is 1. The summed E-state index contributed by atoms with van der Waals surface area (Å²) in [5.74, 6) is -0.275. The summed E-state index contributed by atoms with van der Waals surface area (Å²) in [6.07, 6.45) is 2.40. The van der Waals surface area contributed by atoms with Crippen LogP contribution in [0.3, 0.4) is 0 Å². The molecule has 79 heavy (non-hydrogen) atoms. The van der Waals surface area contributed by atoms with E-state index < -0.39 is 12.1 Å². The number of aromatic nitrogens is 4. The van der Waals surface area contributed by atoms with E-state index >= 15 is 0 Å². The molecule has 14 nitrogen and oxygen atoms in total.